The Morgan fingerprint density at radius 1 is 1.12 bits per heavy atom. The van der Waals surface area contributed by atoms with E-state index < -0.39 is 5.92 Å². The summed E-state index contributed by atoms with van der Waals surface area (Å²) in [5.41, 5.74) is 4.61. The molecule has 0 saturated carbocycles. The summed E-state index contributed by atoms with van der Waals surface area (Å²) < 4.78 is 13.3. The highest BCUT2D eigenvalue weighted by atomic mass is 19.1. The first-order valence-corrected chi connectivity index (χ1v) is 8.55. The van der Waals surface area contributed by atoms with Crippen molar-refractivity contribution >= 4 is 11.6 Å². The van der Waals surface area contributed by atoms with Gasteiger partial charge in [-0.3, -0.25) is 9.78 Å². The molecule has 0 bridgehead atoms. The molecule has 3 nitrogen and oxygen atoms in total. The first kappa shape index (κ1) is 17.8. The van der Waals surface area contributed by atoms with E-state index in [0.29, 0.717) is 6.42 Å². The van der Waals surface area contributed by atoms with E-state index in [9.17, 15) is 9.18 Å². The van der Waals surface area contributed by atoms with Crippen LogP contribution < -0.4 is 5.32 Å². The van der Waals surface area contributed by atoms with Crippen molar-refractivity contribution in [2.45, 2.75) is 26.2 Å². The Hall–Kier alpha value is -3.01. The van der Waals surface area contributed by atoms with Crippen LogP contribution in [-0.4, -0.2) is 10.9 Å². The molecule has 0 fully saturated rings. The second kappa shape index (κ2) is 7.91. The molecule has 1 amide bonds. The van der Waals surface area contributed by atoms with Crippen LogP contribution in [0.4, 0.5) is 10.1 Å². The zero-order valence-corrected chi connectivity index (χ0v) is 14.9. The summed E-state index contributed by atoms with van der Waals surface area (Å²) >= 11 is 0. The van der Waals surface area contributed by atoms with E-state index >= 15 is 0 Å². The molecule has 2 aromatic carbocycles. The number of hydrogen-bond donors (Lipinski definition) is 1. The molecule has 0 aliphatic carbocycles. The summed E-state index contributed by atoms with van der Waals surface area (Å²) in [6.45, 7) is 3.95. The first-order valence-electron chi connectivity index (χ1n) is 8.55. The Morgan fingerprint density at radius 3 is 2.58 bits per heavy atom. The van der Waals surface area contributed by atoms with E-state index in [-0.39, 0.29) is 11.7 Å². The third kappa shape index (κ3) is 4.33. The number of nitrogens with zero attached hydrogens (tertiary/aromatic N) is 1. The number of amides is 1. The van der Waals surface area contributed by atoms with E-state index in [0.717, 1.165) is 27.9 Å². The number of carbonyl (C=O) groups is 1. The average molecular weight is 348 g/mol. The number of nitrogens with one attached hydrogen (secondary N) is 1. The fraction of sp³-hybridized carbons (Fsp3) is 0.182. The Kier molecular flexibility index (Phi) is 5.42. The van der Waals surface area contributed by atoms with Gasteiger partial charge in [0.15, 0.2) is 0 Å². The van der Waals surface area contributed by atoms with Gasteiger partial charge >= 0.3 is 0 Å². The third-order valence-corrected chi connectivity index (χ3v) is 4.40. The molecular formula is C22H21FN2O. The number of rotatable bonds is 5. The van der Waals surface area contributed by atoms with Crippen molar-refractivity contribution in [3.05, 3.63) is 95.1 Å². The van der Waals surface area contributed by atoms with Gasteiger partial charge in [0, 0.05) is 18.1 Å². The van der Waals surface area contributed by atoms with Gasteiger partial charge in [-0.15, -0.1) is 0 Å². The normalized spacial score (nSPS) is 11.8. The van der Waals surface area contributed by atoms with Crippen LogP contribution in [-0.2, 0) is 11.2 Å². The van der Waals surface area contributed by atoms with E-state index in [2.05, 4.69) is 10.3 Å². The monoisotopic (exact) mass is 348 g/mol. The Morgan fingerprint density at radius 2 is 1.88 bits per heavy atom. The fourth-order valence-electron chi connectivity index (χ4n) is 2.90. The predicted molar refractivity (Wildman–Crippen MR) is 102 cm³/mol. The summed E-state index contributed by atoms with van der Waals surface area (Å²) in [5, 5.41) is 3.03. The molecule has 1 heterocycles. The van der Waals surface area contributed by atoms with Crippen LogP contribution in [0, 0.1) is 19.7 Å². The maximum absolute atomic E-state index is 13.3. The molecular weight excluding hydrogens is 327 g/mol. The number of aromatic nitrogens is 1. The number of halogens is 1. The number of anilines is 1. The number of carbonyl (C=O) groups excluding carboxylic acids is 1. The van der Waals surface area contributed by atoms with Gasteiger partial charge in [0.05, 0.1) is 5.92 Å². The lowest BCUT2D eigenvalue weighted by Gasteiger charge is -2.18. The topological polar surface area (TPSA) is 42.0 Å². The van der Waals surface area contributed by atoms with Gasteiger partial charge in [-0.2, -0.15) is 0 Å². The minimum atomic E-state index is -0.431. The Balaban J connectivity index is 1.90. The van der Waals surface area contributed by atoms with Crippen LogP contribution in [0.3, 0.4) is 0 Å². The van der Waals surface area contributed by atoms with E-state index in [1.807, 2.05) is 44.2 Å². The van der Waals surface area contributed by atoms with Crippen molar-refractivity contribution in [2.24, 2.45) is 0 Å². The van der Waals surface area contributed by atoms with Gasteiger partial charge in [0.2, 0.25) is 5.91 Å². The van der Waals surface area contributed by atoms with Crippen LogP contribution in [0.25, 0.3) is 0 Å². The van der Waals surface area contributed by atoms with Crippen LogP contribution in [0.15, 0.2) is 67.0 Å². The molecule has 1 N–H and O–H groups in total. The third-order valence-electron chi connectivity index (χ3n) is 4.40. The molecule has 4 heteroatoms. The maximum atomic E-state index is 13.3. The van der Waals surface area contributed by atoms with Gasteiger partial charge in [-0.1, -0.05) is 30.3 Å². The van der Waals surface area contributed by atoms with E-state index in [4.69, 9.17) is 0 Å². The number of aryl methyl sites for hydroxylation is 2. The Bertz CT molecular complexity index is 892. The quantitative estimate of drug-likeness (QED) is 0.719. The molecule has 26 heavy (non-hydrogen) atoms. The van der Waals surface area contributed by atoms with Crippen molar-refractivity contribution < 1.29 is 9.18 Å². The molecule has 3 rings (SSSR count). The molecule has 132 valence electrons. The smallest absolute Gasteiger partial charge is 0.232 e. The lowest BCUT2D eigenvalue weighted by Crippen LogP contribution is -2.23. The molecule has 1 aromatic heterocycles. The summed E-state index contributed by atoms with van der Waals surface area (Å²) in [5.74, 6) is -0.863. The van der Waals surface area contributed by atoms with Gasteiger partial charge in [0.25, 0.3) is 0 Å². The highest BCUT2D eigenvalue weighted by Crippen LogP contribution is 2.25. The molecule has 3 aromatic rings. The second-order valence-electron chi connectivity index (χ2n) is 6.48. The van der Waals surface area contributed by atoms with Crippen LogP contribution in [0.1, 0.15) is 28.2 Å². The number of hydrogen-bond acceptors (Lipinski definition) is 2. The number of benzene rings is 2. The largest absolute Gasteiger partial charge is 0.325 e. The summed E-state index contributed by atoms with van der Waals surface area (Å²) in [7, 11) is 0. The lowest BCUT2D eigenvalue weighted by molar-refractivity contribution is -0.117. The molecule has 0 aliphatic rings. The van der Waals surface area contributed by atoms with Crippen molar-refractivity contribution in [3.63, 3.8) is 0 Å². The minimum Gasteiger partial charge on any atom is -0.325 e. The summed E-state index contributed by atoms with van der Waals surface area (Å²) in [6, 6.07) is 15.8. The SMILES string of the molecule is Cc1ccc(C)c(NC(=O)C(Cc2cccnc2)c2ccc(F)cc2)c1. The molecule has 0 saturated heterocycles. The van der Waals surface area contributed by atoms with Gasteiger partial charge < -0.3 is 5.32 Å². The van der Waals surface area contributed by atoms with Crippen LogP contribution >= 0.6 is 0 Å². The first-order chi connectivity index (χ1) is 12.5. The van der Waals surface area contributed by atoms with Crippen LogP contribution in [0.5, 0.6) is 0 Å². The fourth-order valence-corrected chi connectivity index (χ4v) is 2.90. The summed E-state index contributed by atoms with van der Waals surface area (Å²) in [4.78, 5) is 17.2. The predicted octanol–water partition coefficient (Wildman–Crippen LogP) is 4.80. The second-order valence-corrected chi connectivity index (χ2v) is 6.48. The molecule has 0 spiro atoms. The van der Waals surface area contributed by atoms with Crippen molar-refractivity contribution in [1.82, 2.24) is 4.98 Å². The molecule has 1 atom stereocenters. The van der Waals surface area contributed by atoms with E-state index in [1.54, 1.807) is 24.5 Å². The van der Waals surface area contributed by atoms with Crippen LogP contribution in [0.2, 0.25) is 0 Å². The molecule has 1 unspecified atom stereocenters. The summed E-state index contributed by atoms with van der Waals surface area (Å²) in [6.07, 6.45) is 3.95. The van der Waals surface area contributed by atoms with Gasteiger partial charge in [-0.05, 0) is 66.8 Å². The highest BCUT2D eigenvalue weighted by molar-refractivity contribution is 5.96. The van der Waals surface area contributed by atoms with Crippen molar-refractivity contribution in [2.75, 3.05) is 5.32 Å². The lowest BCUT2D eigenvalue weighted by atomic mass is 9.91. The average Bonchev–Trinajstić information content (AvgIpc) is 2.64. The zero-order valence-electron chi connectivity index (χ0n) is 14.9. The molecule has 0 aliphatic heterocycles. The standard InChI is InChI=1S/C22H21FN2O/c1-15-5-6-16(2)21(12-15)25-22(26)20(13-17-4-3-11-24-14-17)18-7-9-19(23)10-8-18/h3-12,14,20H,13H2,1-2H3,(H,25,26). The Labute approximate surface area is 152 Å². The number of pyridine rings is 1. The highest BCUT2D eigenvalue weighted by Gasteiger charge is 2.22. The molecule has 0 radical (unpaired) electrons. The van der Waals surface area contributed by atoms with Gasteiger partial charge in [-0.25, -0.2) is 4.39 Å². The van der Waals surface area contributed by atoms with E-state index in [1.165, 1.54) is 12.1 Å². The maximum Gasteiger partial charge on any atom is 0.232 e. The van der Waals surface area contributed by atoms with Crippen molar-refractivity contribution in [1.29, 1.82) is 0 Å². The van der Waals surface area contributed by atoms with Gasteiger partial charge in [0.1, 0.15) is 5.82 Å². The zero-order chi connectivity index (χ0) is 18.5. The minimum absolute atomic E-state index is 0.117. The van der Waals surface area contributed by atoms with Crippen molar-refractivity contribution in [3.8, 4) is 0 Å².